The fourth-order valence-corrected chi connectivity index (χ4v) is 2.76. The van der Waals surface area contributed by atoms with Crippen molar-refractivity contribution in [3.8, 4) is 5.75 Å². The van der Waals surface area contributed by atoms with Gasteiger partial charge in [0.15, 0.2) is 9.84 Å². The van der Waals surface area contributed by atoms with Crippen LogP contribution in [-0.2, 0) is 16.3 Å². The molecule has 0 amide bonds. The molecule has 0 saturated carbocycles. The fourth-order valence-electron chi connectivity index (χ4n) is 2.13. The molecule has 4 nitrogen and oxygen atoms in total. The van der Waals surface area contributed by atoms with Crippen molar-refractivity contribution in [1.82, 2.24) is 0 Å². The number of methoxy groups -OCH3 is 1. The van der Waals surface area contributed by atoms with E-state index in [1.165, 1.54) is 6.26 Å². The minimum absolute atomic E-state index is 0.189. The quantitative estimate of drug-likeness (QED) is 0.920. The Bertz CT molecular complexity index is 709. The van der Waals surface area contributed by atoms with E-state index in [1.807, 2.05) is 24.3 Å². The van der Waals surface area contributed by atoms with E-state index in [4.69, 9.17) is 10.5 Å². The van der Waals surface area contributed by atoms with Crippen LogP contribution in [0.25, 0.3) is 0 Å². The highest BCUT2D eigenvalue weighted by Crippen LogP contribution is 2.21. The van der Waals surface area contributed by atoms with Crippen LogP contribution in [-0.4, -0.2) is 21.8 Å². The van der Waals surface area contributed by atoms with Crippen molar-refractivity contribution in [1.29, 1.82) is 0 Å². The van der Waals surface area contributed by atoms with E-state index in [0.29, 0.717) is 11.3 Å². The SMILES string of the molecule is COc1cccc(CC(N)c2ccc(S(C)(=O)=O)cc2)c1. The molecule has 2 aromatic rings. The Kier molecular flexibility index (Phi) is 4.65. The lowest BCUT2D eigenvalue weighted by molar-refractivity contribution is 0.414. The first-order valence-electron chi connectivity index (χ1n) is 6.58. The van der Waals surface area contributed by atoms with Crippen LogP contribution in [0.2, 0.25) is 0 Å². The predicted octanol–water partition coefficient (Wildman–Crippen LogP) is 2.34. The first-order valence-corrected chi connectivity index (χ1v) is 8.48. The lowest BCUT2D eigenvalue weighted by Gasteiger charge is -2.13. The first-order chi connectivity index (χ1) is 9.90. The normalized spacial score (nSPS) is 12.9. The molecule has 0 heterocycles. The molecular formula is C16H19NO3S. The number of hydrogen-bond acceptors (Lipinski definition) is 4. The number of hydrogen-bond donors (Lipinski definition) is 1. The molecule has 0 aliphatic heterocycles. The van der Waals surface area contributed by atoms with Gasteiger partial charge in [0, 0.05) is 12.3 Å². The van der Waals surface area contributed by atoms with Crippen LogP contribution in [0.15, 0.2) is 53.4 Å². The standard InChI is InChI=1S/C16H19NO3S/c1-20-14-5-3-4-12(10-14)11-16(17)13-6-8-15(9-7-13)21(2,18)19/h3-10,16H,11,17H2,1-2H3. The van der Waals surface area contributed by atoms with Crippen LogP contribution in [0.1, 0.15) is 17.2 Å². The van der Waals surface area contributed by atoms with E-state index in [1.54, 1.807) is 31.4 Å². The van der Waals surface area contributed by atoms with Crippen molar-refractivity contribution in [2.75, 3.05) is 13.4 Å². The van der Waals surface area contributed by atoms with Crippen LogP contribution in [0.4, 0.5) is 0 Å². The molecule has 0 fully saturated rings. The zero-order valence-corrected chi connectivity index (χ0v) is 12.9. The third-order valence-electron chi connectivity index (χ3n) is 3.33. The van der Waals surface area contributed by atoms with Gasteiger partial charge in [0.25, 0.3) is 0 Å². The highest BCUT2D eigenvalue weighted by molar-refractivity contribution is 7.90. The number of rotatable bonds is 5. The van der Waals surface area contributed by atoms with Gasteiger partial charge in [0.2, 0.25) is 0 Å². The summed E-state index contributed by atoms with van der Waals surface area (Å²) in [5.41, 5.74) is 8.17. The van der Waals surface area contributed by atoms with Gasteiger partial charge in [-0.1, -0.05) is 24.3 Å². The van der Waals surface area contributed by atoms with E-state index in [0.717, 1.165) is 16.9 Å². The second kappa shape index (κ2) is 6.28. The highest BCUT2D eigenvalue weighted by Gasteiger charge is 2.11. The summed E-state index contributed by atoms with van der Waals surface area (Å²) in [5, 5.41) is 0. The van der Waals surface area contributed by atoms with E-state index < -0.39 is 9.84 Å². The maximum Gasteiger partial charge on any atom is 0.175 e. The molecule has 0 aromatic heterocycles. The number of benzene rings is 2. The summed E-state index contributed by atoms with van der Waals surface area (Å²) in [6, 6.07) is 14.3. The van der Waals surface area contributed by atoms with Gasteiger partial charge in [-0.3, -0.25) is 0 Å². The summed E-state index contributed by atoms with van der Waals surface area (Å²) in [6.07, 6.45) is 1.85. The molecule has 21 heavy (non-hydrogen) atoms. The minimum atomic E-state index is -3.17. The molecule has 2 aromatic carbocycles. The fraction of sp³-hybridized carbons (Fsp3) is 0.250. The zero-order chi connectivity index (χ0) is 15.5. The van der Waals surface area contributed by atoms with E-state index in [-0.39, 0.29) is 6.04 Å². The molecule has 0 aliphatic carbocycles. The second-order valence-electron chi connectivity index (χ2n) is 5.00. The van der Waals surface area contributed by atoms with Gasteiger partial charge in [-0.2, -0.15) is 0 Å². The molecule has 0 bridgehead atoms. The average molecular weight is 305 g/mol. The van der Waals surface area contributed by atoms with Crippen LogP contribution < -0.4 is 10.5 Å². The number of nitrogens with two attached hydrogens (primary N) is 1. The van der Waals surface area contributed by atoms with Gasteiger partial charge in [0.05, 0.1) is 12.0 Å². The summed E-state index contributed by atoms with van der Waals surface area (Å²) in [6.45, 7) is 0. The third-order valence-corrected chi connectivity index (χ3v) is 4.45. The van der Waals surface area contributed by atoms with Crippen molar-refractivity contribution in [2.45, 2.75) is 17.4 Å². The lowest BCUT2D eigenvalue weighted by Crippen LogP contribution is -2.13. The van der Waals surface area contributed by atoms with Gasteiger partial charge >= 0.3 is 0 Å². The maximum absolute atomic E-state index is 11.4. The zero-order valence-electron chi connectivity index (χ0n) is 12.1. The van der Waals surface area contributed by atoms with Crippen LogP contribution in [0, 0.1) is 0 Å². The van der Waals surface area contributed by atoms with Gasteiger partial charge in [-0.15, -0.1) is 0 Å². The summed E-state index contributed by atoms with van der Waals surface area (Å²) >= 11 is 0. The Morgan fingerprint density at radius 3 is 2.38 bits per heavy atom. The summed E-state index contributed by atoms with van der Waals surface area (Å²) in [7, 11) is -1.54. The lowest BCUT2D eigenvalue weighted by atomic mass is 10.00. The maximum atomic E-state index is 11.4. The van der Waals surface area contributed by atoms with Gasteiger partial charge in [0.1, 0.15) is 5.75 Å². The van der Waals surface area contributed by atoms with Crippen molar-refractivity contribution < 1.29 is 13.2 Å². The Morgan fingerprint density at radius 2 is 1.81 bits per heavy atom. The highest BCUT2D eigenvalue weighted by atomic mass is 32.2. The topological polar surface area (TPSA) is 69.4 Å². The predicted molar refractivity (Wildman–Crippen MR) is 83.2 cm³/mol. The monoisotopic (exact) mass is 305 g/mol. The largest absolute Gasteiger partial charge is 0.497 e. The summed E-state index contributed by atoms with van der Waals surface area (Å²) in [5.74, 6) is 0.798. The van der Waals surface area contributed by atoms with Gasteiger partial charge in [-0.05, 0) is 41.8 Å². The van der Waals surface area contributed by atoms with Crippen molar-refractivity contribution in [2.24, 2.45) is 5.73 Å². The Hall–Kier alpha value is -1.85. The van der Waals surface area contributed by atoms with Gasteiger partial charge in [-0.25, -0.2) is 8.42 Å². The molecule has 0 saturated heterocycles. The minimum Gasteiger partial charge on any atom is -0.497 e. The average Bonchev–Trinajstić information content (AvgIpc) is 2.46. The Morgan fingerprint density at radius 1 is 1.14 bits per heavy atom. The molecule has 5 heteroatoms. The molecule has 0 spiro atoms. The summed E-state index contributed by atoms with van der Waals surface area (Å²) in [4.78, 5) is 0.305. The molecule has 2 rings (SSSR count). The third kappa shape index (κ3) is 4.06. The number of sulfone groups is 1. The van der Waals surface area contributed by atoms with E-state index >= 15 is 0 Å². The molecular weight excluding hydrogens is 286 g/mol. The van der Waals surface area contributed by atoms with E-state index in [9.17, 15) is 8.42 Å². The van der Waals surface area contributed by atoms with Gasteiger partial charge < -0.3 is 10.5 Å². The molecule has 1 unspecified atom stereocenters. The van der Waals surface area contributed by atoms with Crippen molar-refractivity contribution >= 4 is 9.84 Å². The van der Waals surface area contributed by atoms with E-state index in [2.05, 4.69) is 0 Å². The molecule has 0 radical (unpaired) electrons. The Labute approximate surface area is 125 Å². The number of ether oxygens (including phenoxy) is 1. The first kappa shape index (κ1) is 15.5. The second-order valence-corrected chi connectivity index (χ2v) is 7.02. The molecule has 1 atom stereocenters. The molecule has 0 aliphatic rings. The molecule has 2 N–H and O–H groups in total. The van der Waals surface area contributed by atoms with Crippen molar-refractivity contribution in [3.63, 3.8) is 0 Å². The van der Waals surface area contributed by atoms with Crippen LogP contribution >= 0.6 is 0 Å². The van der Waals surface area contributed by atoms with Crippen LogP contribution in [0.3, 0.4) is 0 Å². The molecule has 112 valence electrons. The van der Waals surface area contributed by atoms with Crippen molar-refractivity contribution in [3.05, 3.63) is 59.7 Å². The summed E-state index contributed by atoms with van der Waals surface area (Å²) < 4.78 is 28.0. The smallest absolute Gasteiger partial charge is 0.175 e. The Balaban J connectivity index is 2.14. The van der Waals surface area contributed by atoms with Crippen LogP contribution in [0.5, 0.6) is 5.75 Å².